The lowest BCUT2D eigenvalue weighted by molar-refractivity contribution is -0.158. The molecule has 0 aromatic heterocycles. The summed E-state index contributed by atoms with van der Waals surface area (Å²) in [6, 6.07) is 19.1. The fraction of sp³-hybridized carbons (Fsp3) is 0.400. The number of carbonyl (C=O) groups excluding carboxylic acids is 1. The number of rotatable bonds is 9. The molecule has 0 spiro atoms. The number of aryl methyl sites for hydroxylation is 2. The van der Waals surface area contributed by atoms with Gasteiger partial charge in [0.15, 0.2) is 5.78 Å². The van der Waals surface area contributed by atoms with Crippen LogP contribution in [0.1, 0.15) is 78.7 Å². The molecule has 1 aliphatic heterocycles. The van der Waals surface area contributed by atoms with Gasteiger partial charge in [-0.1, -0.05) is 61.7 Å². The van der Waals surface area contributed by atoms with Crippen LogP contribution in [0.15, 0.2) is 60.7 Å². The van der Waals surface area contributed by atoms with Crippen molar-refractivity contribution in [2.45, 2.75) is 72.5 Å². The zero-order chi connectivity index (χ0) is 30.0. The summed E-state index contributed by atoms with van der Waals surface area (Å²) < 4.78 is 29.1. The van der Waals surface area contributed by atoms with Gasteiger partial charge in [0, 0.05) is 24.6 Å². The van der Waals surface area contributed by atoms with E-state index in [0.29, 0.717) is 16.5 Å². The summed E-state index contributed by atoms with van der Waals surface area (Å²) in [7, 11) is 0. The van der Waals surface area contributed by atoms with Gasteiger partial charge in [-0.2, -0.15) is 8.78 Å². The van der Waals surface area contributed by atoms with Gasteiger partial charge in [0.25, 0.3) is 0 Å². The first-order chi connectivity index (χ1) is 19.5. The molecule has 4 rings (SSSR count). The summed E-state index contributed by atoms with van der Waals surface area (Å²) in [5, 5.41) is 0.606. The Morgan fingerprint density at radius 2 is 1.61 bits per heavy atom. The van der Waals surface area contributed by atoms with E-state index >= 15 is 0 Å². The third-order valence-electron chi connectivity index (χ3n) is 7.35. The Labute approximate surface area is 248 Å². The van der Waals surface area contributed by atoms with Crippen molar-refractivity contribution in [3.8, 4) is 18.1 Å². The summed E-state index contributed by atoms with van der Waals surface area (Å²) in [5.74, 6) is 3.59. The smallest absolute Gasteiger partial charge is 0.394 e. The monoisotopic (exact) mass is 579 g/mol. The molecular formula is C35H40ClF2NO2. The topological polar surface area (TPSA) is 29.5 Å². The SMILES string of the molecule is C#Cc1ccc(CN2CCC(Cc3cc(Cl)c(C(C)=O)c(CC)c3)CC2)cc1.CCc1ccc(OC(C)(F)F)cc1. The molecule has 0 amide bonds. The fourth-order valence-electron chi connectivity index (χ4n) is 5.16. The van der Waals surface area contributed by atoms with Crippen LogP contribution >= 0.6 is 11.6 Å². The second-order valence-electron chi connectivity index (χ2n) is 10.7. The molecule has 0 aliphatic carbocycles. The van der Waals surface area contributed by atoms with Gasteiger partial charge in [0.1, 0.15) is 5.75 Å². The van der Waals surface area contributed by atoms with Crippen LogP contribution in [-0.2, 0) is 25.8 Å². The van der Waals surface area contributed by atoms with Crippen LogP contribution in [0, 0.1) is 18.3 Å². The van der Waals surface area contributed by atoms with E-state index in [1.807, 2.05) is 25.1 Å². The Morgan fingerprint density at radius 3 is 2.12 bits per heavy atom. The second kappa shape index (κ2) is 15.1. The summed E-state index contributed by atoms with van der Waals surface area (Å²) in [4.78, 5) is 14.4. The van der Waals surface area contributed by atoms with E-state index < -0.39 is 6.11 Å². The van der Waals surface area contributed by atoms with Crippen LogP contribution in [0.3, 0.4) is 0 Å². The van der Waals surface area contributed by atoms with Crippen LogP contribution in [0.5, 0.6) is 5.75 Å². The number of piperidine rings is 1. The molecule has 3 aromatic rings. The first kappa shape index (κ1) is 32.3. The highest BCUT2D eigenvalue weighted by molar-refractivity contribution is 6.34. The quantitative estimate of drug-likeness (QED) is 0.187. The van der Waals surface area contributed by atoms with Crippen LogP contribution in [0.4, 0.5) is 8.78 Å². The first-order valence-electron chi connectivity index (χ1n) is 14.3. The molecule has 0 unspecified atom stereocenters. The maximum atomic E-state index is 12.4. The number of nitrogens with zero attached hydrogens (tertiary/aromatic N) is 1. The maximum Gasteiger partial charge on any atom is 0.394 e. The van der Waals surface area contributed by atoms with Gasteiger partial charge in [-0.25, -0.2) is 0 Å². The summed E-state index contributed by atoms with van der Waals surface area (Å²) >= 11 is 6.42. The minimum atomic E-state index is -3.10. The van der Waals surface area contributed by atoms with Gasteiger partial charge >= 0.3 is 6.11 Å². The molecule has 1 fully saturated rings. The van der Waals surface area contributed by atoms with Crippen molar-refractivity contribution in [3.63, 3.8) is 0 Å². The molecule has 0 radical (unpaired) electrons. The highest BCUT2D eigenvalue weighted by Crippen LogP contribution is 2.28. The summed E-state index contributed by atoms with van der Waals surface area (Å²) in [6.07, 6.45) is 7.47. The number of Topliss-reactive ketones (excluding diaryl/α,β-unsaturated/α-hetero) is 1. The van der Waals surface area contributed by atoms with Crippen molar-refractivity contribution in [3.05, 3.63) is 99.1 Å². The molecule has 218 valence electrons. The largest absolute Gasteiger partial charge is 0.433 e. The van der Waals surface area contributed by atoms with E-state index in [4.69, 9.17) is 18.0 Å². The minimum Gasteiger partial charge on any atom is -0.433 e. The predicted molar refractivity (Wildman–Crippen MR) is 164 cm³/mol. The van der Waals surface area contributed by atoms with E-state index in [0.717, 1.165) is 62.5 Å². The van der Waals surface area contributed by atoms with Crippen molar-refractivity contribution in [1.29, 1.82) is 0 Å². The molecule has 3 nitrogen and oxygen atoms in total. The molecule has 41 heavy (non-hydrogen) atoms. The van der Waals surface area contributed by atoms with E-state index in [9.17, 15) is 13.6 Å². The molecule has 1 saturated heterocycles. The number of alkyl halides is 2. The lowest BCUT2D eigenvalue weighted by atomic mass is 9.88. The molecule has 6 heteroatoms. The fourth-order valence-corrected chi connectivity index (χ4v) is 5.56. The van der Waals surface area contributed by atoms with Gasteiger partial charge in [-0.15, -0.1) is 6.42 Å². The Kier molecular flexibility index (Phi) is 11.9. The van der Waals surface area contributed by atoms with E-state index in [2.05, 4.69) is 40.7 Å². The van der Waals surface area contributed by atoms with Crippen molar-refractivity contribution >= 4 is 17.4 Å². The van der Waals surface area contributed by atoms with Crippen LogP contribution in [0.25, 0.3) is 0 Å². The van der Waals surface area contributed by atoms with Crippen LogP contribution in [-0.4, -0.2) is 29.9 Å². The zero-order valence-electron chi connectivity index (χ0n) is 24.5. The number of carbonyl (C=O) groups is 1. The normalized spacial score (nSPS) is 14.1. The first-order valence-corrected chi connectivity index (χ1v) is 14.6. The van der Waals surface area contributed by atoms with Gasteiger partial charge < -0.3 is 4.74 Å². The van der Waals surface area contributed by atoms with E-state index in [1.165, 1.54) is 24.0 Å². The highest BCUT2D eigenvalue weighted by Gasteiger charge is 2.23. The average molecular weight is 580 g/mol. The number of benzene rings is 3. The second-order valence-corrected chi connectivity index (χ2v) is 11.1. The number of halogens is 3. The molecule has 1 heterocycles. The lowest BCUT2D eigenvalue weighted by Crippen LogP contribution is -2.33. The standard InChI is InChI=1S/C25H28ClNO.C10H12F2O/c1-4-19-6-8-21(9-7-19)17-27-12-10-20(11-13-27)14-22-15-23(5-2)25(18(3)28)24(26)16-22;1-3-8-4-6-9(7-5-8)13-10(2,11)12/h1,6-9,15-16,20H,5,10-14,17H2,2-3H3;4-7H,3H2,1-2H3. The Bertz CT molecular complexity index is 1320. The molecule has 0 N–H and O–H groups in total. The molecule has 0 bridgehead atoms. The number of hydrogen-bond donors (Lipinski definition) is 0. The average Bonchev–Trinajstić information content (AvgIpc) is 2.94. The zero-order valence-corrected chi connectivity index (χ0v) is 25.2. The van der Waals surface area contributed by atoms with Crippen LogP contribution in [0.2, 0.25) is 5.02 Å². The summed E-state index contributed by atoms with van der Waals surface area (Å²) in [6.45, 7) is 9.61. The Balaban J connectivity index is 0.000000298. The molecule has 0 atom stereocenters. The number of likely N-dealkylation sites (tertiary alicyclic amines) is 1. The predicted octanol–water partition coefficient (Wildman–Crippen LogP) is 8.78. The Morgan fingerprint density at radius 1 is 1.00 bits per heavy atom. The molecule has 0 saturated carbocycles. The Hall–Kier alpha value is -3.20. The highest BCUT2D eigenvalue weighted by atomic mass is 35.5. The van der Waals surface area contributed by atoms with Crippen molar-refractivity contribution in [1.82, 2.24) is 4.90 Å². The number of ketones is 1. The number of hydrogen-bond acceptors (Lipinski definition) is 3. The maximum absolute atomic E-state index is 12.4. The van der Waals surface area contributed by atoms with Crippen molar-refractivity contribution < 1.29 is 18.3 Å². The van der Waals surface area contributed by atoms with E-state index in [1.54, 1.807) is 31.2 Å². The molecule has 1 aliphatic rings. The van der Waals surface area contributed by atoms with Crippen molar-refractivity contribution in [2.75, 3.05) is 13.1 Å². The molecular weight excluding hydrogens is 540 g/mol. The number of ether oxygens (including phenoxy) is 1. The van der Waals surface area contributed by atoms with Gasteiger partial charge in [-0.3, -0.25) is 9.69 Å². The lowest BCUT2D eigenvalue weighted by Gasteiger charge is -2.32. The van der Waals surface area contributed by atoms with Gasteiger partial charge in [-0.05, 0) is 111 Å². The van der Waals surface area contributed by atoms with Crippen molar-refractivity contribution in [2.24, 2.45) is 5.92 Å². The third kappa shape index (κ3) is 10.3. The van der Waals surface area contributed by atoms with Gasteiger partial charge in [0.05, 0.1) is 5.02 Å². The van der Waals surface area contributed by atoms with Crippen LogP contribution < -0.4 is 4.74 Å². The van der Waals surface area contributed by atoms with Gasteiger partial charge in [0.2, 0.25) is 0 Å². The third-order valence-corrected chi connectivity index (χ3v) is 7.65. The number of terminal acetylenes is 1. The minimum absolute atomic E-state index is 0.0528. The van der Waals surface area contributed by atoms with E-state index in [-0.39, 0.29) is 11.5 Å². The summed E-state index contributed by atoms with van der Waals surface area (Å²) in [5.41, 5.74) is 6.38. The molecule has 3 aromatic carbocycles.